The highest BCUT2D eigenvalue weighted by molar-refractivity contribution is 7.89. The predicted octanol–water partition coefficient (Wildman–Crippen LogP) is 0.877. The molecule has 5 nitrogen and oxygen atoms in total. The molecule has 0 heterocycles. The van der Waals surface area contributed by atoms with Crippen LogP contribution in [0.5, 0.6) is 0 Å². The summed E-state index contributed by atoms with van der Waals surface area (Å²) in [5.41, 5.74) is 7.54. The van der Waals surface area contributed by atoms with Crippen LogP contribution in [0.3, 0.4) is 0 Å². The largest absolute Gasteiger partial charge is 0.395 e. The Morgan fingerprint density at radius 1 is 1.40 bits per heavy atom. The highest BCUT2D eigenvalue weighted by atomic mass is 32.2. The van der Waals surface area contributed by atoms with Gasteiger partial charge in [0, 0.05) is 19.6 Å². The molecule has 0 amide bonds. The van der Waals surface area contributed by atoms with E-state index >= 15 is 0 Å². The van der Waals surface area contributed by atoms with Crippen molar-refractivity contribution in [3.05, 3.63) is 42.0 Å². The molecule has 0 aliphatic carbocycles. The Balaban J connectivity index is 3.22. The molecule has 0 atom stereocenters. The molecular weight excluding hydrogens is 276 g/mol. The molecule has 0 spiro atoms. The molecule has 0 aromatic heterocycles. The topological polar surface area (TPSA) is 83.6 Å². The van der Waals surface area contributed by atoms with Crippen molar-refractivity contribution >= 4 is 10.0 Å². The third kappa shape index (κ3) is 3.67. The van der Waals surface area contributed by atoms with Crippen LogP contribution in [0.25, 0.3) is 0 Å². The average Bonchev–Trinajstić information content (AvgIpc) is 2.46. The Hall–Kier alpha value is -1.21. The maximum atomic E-state index is 12.5. The lowest BCUT2D eigenvalue weighted by Gasteiger charge is -2.20. The normalized spacial score (nSPS) is 11.8. The van der Waals surface area contributed by atoms with Crippen molar-refractivity contribution in [1.82, 2.24) is 4.31 Å². The number of nitrogens with two attached hydrogens (primary N) is 1. The van der Waals surface area contributed by atoms with Crippen molar-refractivity contribution < 1.29 is 13.5 Å². The minimum absolute atomic E-state index is 0.0435. The van der Waals surface area contributed by atoms with Crippen molar-refractivity contribution in [2.45, 2.75) is 24.8 Å². The van der Waals surface area contributed by atoms with Gasteiger partial charge in [-0.05, 0) is 29.7 Å². The molecule has 1 aromatic carbocycles. The zero-order valence-corrected chi connectivity index (χ0v) is 12.6. The second-order valence-corrected chi connectivity index (χ2v) is 6.30. The third-order valence-electron chi connectivity index (χ3n) is 3.10. The highest BCUT2D eigenvalue weighted by Gasteiger charge is 2.23. The van der Waals surface area contributed by atoms with Crippen LogP contribution < -0.4 is 5.73 Å². The summed E-state index contributed by atoms with van der Waals surface area (Å²) in [6, 6.07) is 4.99. The van der Waals surface area contributed by atoms with Gasteiger partial charge in [-0.1, -0.05) is 19.1 Å². The highest BCUT2D eigenvalue weighted by Crippen LogP contribution is 2.20. The van der Waals surface area contributed by atoms with Crippen molar-refractivity contribution in [2.24, 2.45) is 5.73 Å². The second kappa shape index (κ2) is 7.54. The molecule has 0 radical (unpaired) electrons. The van der Waals surface area contributed by atoms with Crippen LogP contribution in [0.15, 0.2) is 35.7 Å². The lowest BCUT2D eigenvalue weighted by molar-refractivity contribution is 0.260. The molecule has 0 aliphatic rings. The number of nitrogens with zero attached hydrogens (tertiary/aromatic N) is 1. The zero-order valence-electron chi connectivity index (χ0n) is 11.7. The summed E-state index contributed by atoms with van der Waals surface area (Å²) in [7, 11) is -3.64. The molecule has 0 saturated heterocycles. The SMILES string of the molecule is C=CCN(CCO)S(=O)(=O)c1ccc(CC)c(CN)c1. The van der Waals surface area contributed by atoms with Crippen LogP contribution in [-0.4, -0.2) is 37.5 Å². The molecule has 0 fully saturated rings. The summed E-state index contributed by atoms with van der Waals surface area (Å²) < 4.78 is 26.2. The van der Waals surface area contributed by atoms with Crippen LogP contribution in [0.4, 0.5) is 0 Å². The number of aliphatic hydroxyl groups is 1. The van der Waals surface area contributed by atoms with E-state index in [0.717, 1.165) is 17.5 Å². The fraction of sp³-hybridized carbons (Fsp3) is 0.429. The average molecular weight is 298 g/mol. The summed E-state index contributed by atoms with van der Waals surface area (Å²) in [6.07, 6.45) is 2.30. The Labute approximate surface area is 120 Å². The number of benzene rings is 1. The van der Waals surface area contributed by atoms with Gasteiger partial charge in [0.15, 0.2) is 0 Å². The number of aliphatic hydroxyl groups excluding tert-OH is 1. The van der Waals surface area contributed by atoms with Gasteiger partial charge >= 0.3 is 0 Å². The maximum absolute atomic E-state index is 12.5. The quantitative estimate of drug-likeness (QED) is 0.698. The van der Waals surface area contributed by atoms with Crippen molar-refractivity contribution in [1.29, 1.82) is 0 Å². The number of sulfonamides is 1. The molecule has 3 N–H and O–H groups in total. The number of hydrogen-bond acceptors (Lipinski definition) is 4. The van der Waals surface area contributed by atoms with Gasteiger partial charge < -0.3 is 10.8 Å². The van der Waals surface area contributed by atoms with Gasteiger partial charge in [0.25, 0.3) is 0 Å². The summed E-state index contributed by atoms with van der Waals surface area (Å²) in [5, 5.41) is 9.00. The van der Waals surface area contributed by atoms with E-state index in [-0.39, 0.29) is 24.6 Å². The van der Waals surface area contributed by atoms with Crippen molar-refractivity contribution in [3.8, 4) is 0 Å². The number of hydrogen-bond donors (Lipinski definition) is 2. The van der Waals surface area contributed by atoms with Gasteiger partial charge in [-0.2, -0.15) is 4.31 Å². The summed E-state index contributed by atoms with van der Waals surface area (Å²) in [6.45, 7) is 5.82. The smallest absolute Gasteiger partial charge is 0.243 e. The van der Waals surface area contributed by atoms with Gasteiger partial charge in [-0.3, -0.25) is 0 Å². The number of aryl methyl sites for hydroxylation is 1. The molecule has 112 valence electrons. The molecule has 0 unspecified atom stereocenters. The Bertz CT molecular complexity index is 556. The first-order valence-electron chi connectivity index (χ1n) is 6.55. The standard InChI is InChI=1S/C14H22N2O3S/c1-3-7-16(8-9-17)20(18,19)14-6-5-12(4-2)13(10-14)11-15/h3,5-6,10,17H,1,4,7-9,11,15H2,2H3. The molecule has 6 heteroatoms. The molecule has 20 heavy (non-hydrogen) atoms. The van der Waals surface area contributed by atoms with Crippen LogP contribution in [-0.2, 0) is 23.0 Å². The van der Waals surface area contributed by atoms with Crippen LogP contribution in [0.2, 0.25) is 0 Å². The molecule has 1 rings (SSSR count). The van der Waals surface area contributed by atoms with E-state index in [4.69, 9.17) is 10.8 Å². The van der Waals surface area contributed by atoms with Gasteiger partial charge in [0.1, 0.15) is 0 Å². The van der Waals surface area contributed by atoms with Crippen LogP contribution in [0, 0.1) is 0 Å². The summed E-state index contributed by atoms with van der Waals surface area (Å²) >= 11 is 0. The maximum Gasteiger partial charge on any atom is 0.243 e. The summed E-state index contributed by atoms with van der Waals surface area (Å²) in [5.74, 6) is 0. The minimum Gasteiger partial charge on any atom is -0.395 e. The Morgan fingerprint density at radius 3 is 2.60 bits per heavy atom. The Morgan fingerprint density at radius 2 is 2.10 bits per heavy atom. The lowest BCUT2D eigenvalue weighted by Crippen LogP contribution is -2.33. The first-order valence-corrected chi connectivity index (χ1v) is 7.99. The molecule has 0 aliphatic heterocycles. The molecule has 1 aromatic rings. The fourth-order valence-electron chi connectivity index (χ4n) is 2.01. The zero-order chi connectivity index (χ0) is 15.2. The predicted molar refractivity (Wildman–Crippen MR) is 79.8 cm³/mol. The molecule has 0 saturated carbocycles. The van der Waals surface area contributed by atoms with Crippen molar-refractivity contribution in [3.63, 3.8) is 0 Å². The minimum atomic E-state index is -3.64. The van der Waals surface area contributed by atoms with E-state index in [1.54, 1.807) is 18.2 Å². The van der Waals surface area contributed by atoms with Gasteiger partial charge in [0.2, 0.25) is 10.0 Å². The van der Waals surface area contributed by atoms with E-state index in [1.165, 1.54) is 10.4 Å². The summed E-state index contributed by atoms with van der Waals surface area (Å²) in [4.78, 5) is 0.199. The van der Waals surface area contributed by atoms with Gasteiger partial charge in [-0.15, -0.1) is 6.58 Å². The van der Waals surface area contributed by atoms with E-state index in [9.17, 15) is 8.42 Å². The van der Waals surface area contributed by atoms with Crippen LogP contribution >= 0.6 is 0 Å². The van der Waals surface area contributed by atoms with E-state index in [2.05, 4.69) is 6.58 Å². The van der Waals surface area contributed by atoms with Crippen molar-refractivity contribution in [2.75, 3.05) is 19.7 Å². The lowest BCUT2D eigenvalue weighted by atomic mass is 10.1. The fourth-order valence-corrected chi connectivity index (χ4v) is 3.46. The van der Waals surface area contributed by atoms with Gasteiger partial charge in [0.05, 0.1) is 11.5 Å². The van der Waals surface area contributed by atoms with Gasteiger partial charge in [-0.25, -0.2) is 8.42 Å². The Kier molecular flexibility index (Phi) is 6.35. The first kappa shape index (κ1) is 16.8. The third-order valence-corrected chi connectivity index (χ3v) is 4.96. The van der Waals surface area contributed by atoms with E-state index in [0.29, 0.717) is 6.54 Å². The molecule has 0 bridgehead atoms. The van der Waals surface area contributed by atoms with Crippen LogP contribution in [0.1, 0.15) is 18.1 Å². The van der Waals surface area contributed by atoms with E-state index in [1.807, 2.05) is 6.92 Å². The number of rotatable bonds is 8. The monoisotopic (exact) mass is 298 g/mol. The first-order chi connectivity index (χ1) is 9.51. The second-order valence-electron chi connectivity index (χ2n) is 4.36. The van der Waals surface area contributed by atoms with E-state index < -0.39 is 10.0 Å². The molecular formula is C14H22N2O3S.